The van der Waals surface area contributed by atoms with Gasteiger partial charge < -0.3 is 15.4 Å². The predicted molar refractivity (Wildman–Crippen MR) is 141 cm³/mol. The minimum atomic E-state index is -0.718. The first-order valence-corrected chi connectivity index (χ1v) is 11.4. The molecule has 4 rings (SSSR count). The Labute approximate surface area is 205 Å². The molecule has 0 unspecified atom stereocenters. The van der Waals surface area contributed by atoms with E-state index < -0.39 is 11.7 Å². The third-order valence-electron chi connectivity index (χ3n) is 5.86. The number of benzene rings is 3. The number of pyridine rings is 1. The summed E-state index contributed by atoms with van der Waals surface area (Å²) in [6, 6.07) is 20.5. The highest BCUT2D eigenvalue weighted by atomic mass is 16.5. The quantitative estimate of drug-likeness (QED) is 0.253. The summed E-state index contributed by atoms with van der Waals surface area (Å²) in [5, 5.41) is 7.69. The Balaban J connectivity index is 1.66. The number of nitrogens with one attached hydrogen (secondary N) is 2. The van der Waals surface area contributed by atoms with Crippen molar-refractivity contribution in [2.75, 3.05) is 17.7 Å². The summed E-state index contributed by atoms with van der Waals surface area (Å²) in [6.07, 6.45) is 1.74. The van der Waals surface area contributed by atoms with Crippen LogP contribution >= 0.6 is 0 Å². The lowest BCUT2D eigenvalue weighted by molar-refractivity contribution is -0.112. The fraction of sp³-hybridized carbons (Fsp3) is 0.207. The summed E-state index contributed by atoms with van der Waals surface area (Å²) < 4.78 is 5.41. The molecule has 0 atom stereocenters. The van der Waals surface area contributed by atoms with Crippen LogP contribution in [0.25, 0.3) is 10.8 Å². The number of ether oxygens (including phenoxy) is 1. The maximum Gasteiger partial charge on any atom is 0.296 e. The molecule has 6 nitrogen and oxygen atoms in total. The maximum atomic E-state index is 13.3. The Morgan fingerprint density at radius 2 is 1.63 bits per heavy atom. The first-order valence-electron chi connectivity index (χ1n) is 11.4. The summed E-state index contributed by atoms with van der Waals surface area (Å²) in [4.78, 5) is 30.6. The van der Waals surface area contributed by atoms with Crippen molar-refractivity contribution in [1.29, 1.82) is 0 Å². The Morgan fingerprint density at radius 1 is 0.886 bits per heavy atom. The number of fused-ring (bicyclic) bond motifs is 1. The lowest BCUT2D eigenvalue weighted by atomic mass is 9.87. The van der Waals surface area contributed by atoms with Crippen LogP contribution in [0.3, 0.4) is 0 Å². The van der Waals surface area contributed by atoms with Gasteiger partial charge in [0.1, 0.15) is 5.75 Å². The van der Waals surface area contributed by atoms with Gasteiger partial charge in [0.25, 0.3) is 11.7 Å². The van der Waals surface area contributed by atoms with Crippen molar-refractivity contribution in [2.45, 2.75) is 33.1 Å². The molecule has 0 aliphatic rings. The third kappa shape index (κ3) is 5.17. The minimum absolute atomic E-state index is 0.123. The van der Waals surface area contributed by atoms with Gasteiger partial charge in [-0.3, -0.25) is 14.6 Å². The number of amides is 1. The number of rotatable bonds is 6. The van der Waals surface area contributed by atoms with E-state index in [9.17, 15) is 9.59 Å². The van der Waals surface area contributed by atoms with E-state index in [1.807, 2.05) is 61.5 Å². The number of methoxy groups -OCH3 is 1. The van der Waals surface area contributed by atoms with Crippen LogP contribution in [0.4, 0.5) is 17.1 Å². The van der Waals surface area contributed by atoms with Gasteiger partial charge in [-0.1, -0.05) is 51.1 Å². The molecule has 1 heterocycles. The number of hydrogen-bond donors (Lipinski definition) is 2. The van der Waals surface area contributed by atoms with Crippen LogP contribution < -0.4 is 15.4 Å². The molecule has 6 heteroatoms. The molecule has 2 N–H and O–H groups in total. The van der Waals surface area contributed by atoms with Gasteiger partial charge >= 0.3 is 0 Å². The van der Waals surface area contributed by atoms with E-state index in [1.165, 1.54) is 7.11 Å². The van der Waals surface area contributed by atoms with Crippen LogP contribution in [-0.2, 0) is 10.2 Å². The van der Waals surface area contributed by atoms with Crippen LogP contribution in [0.1, 0.15) is 42.4 Å². The van der Waals surface area contributed by atoms with E-state index in [2.05, 4.69) is 36.4 Å². The van der Waals surface area contributed by atoms with Gasteiger partial charge in [0.15, 0.2) is 0 Å². The SMILES string of the molecule is COc1ccc(C(C)(C)C)cc1NC(=O)C(=O)c1ccc(Nc2ccnc(C)c2)c2ccccc12. The molecule has 4 aromatic rings. The summed E-state index contributed by atoms with van der Waals surface area (Å²) in [5.74, 6) is -0.836. The zero-order chi connectivity index (χ0) is 25.2. The molecule has 1 aromatic heterocycles. The summed E-state index contributed by atoms with van der Waals surface area (Å²) >= 11 is 0. The number of carbonyl (C=O) groups is 2. The van der Waals surface area contributed by atoms with Gasteiger partial charge in [-0.15, -0.1) is 0 Å². The minimum Gasteiger partial charge on any atom is -0.495 e. The average Bonchev–Trinajstić information content (AvgIpc) is 2.83. The number of aryl methyl sites for hydroxylation is 1. The van der Waals surface area contributed by atoms with E-state index in [0.29, 0.717) is 22.4 Å². The summed E-state index contributed by atoms with van der Waals surface area (Å²) in [6.45, 7) is 8.18. The van der Waals surface area contributed by atoms with Gasteiger partial charge in [-0.05, 0) is 59.7 Å². The molecule has 35 heavy (non-hydrogen) atoms. The van der Waals surface area contributed by atoms with Crippen LogP contribution in [0, 0.1) is 6.92 Å². The number of nitrogens with zero attached hydrogens (tertiary/aromatic N) is 1. The number of anilines is 3. The number of carbonyl (C=O) groups excluding carboxylic acids is 2. The van der Waals surface area contributed by atoms with Crippen LogP contribution in [-0.4, -0.2) is 23.8 Å². The third-order valence-corrected chi connectivity index (χ3v) is 5.86. The Hall–Kier alpha value is -4.19. The fourth-order valence-corrected chi connectivity index (χ4v) is 3.96. The lowest BCUT2D eigenvalue weighted by Crippen LogP contribution is -2.24. The molecule has 0 radical (unpaired) electrons. The molecule has 0 aliphatic heterocycles. The number of ketones is 1. The second-order valence-corrected chi connectivity index (χ2v) is 9.47. The molecule has 3 aromatic carbocycles. The molecule has 0 aliphatic carbocycles. The van der Waals surface area contributed by atoms with Gasteiger partial charge in [-0.25, -0.2) is 0 Å². The van der Waals surface area contributed by atoms with Crippen LogP contribution in [0.2, 0.25) is 0 Å². The second-order valence-electron chi connectivity index (χ2n) is 9.47. The number of Topliss-reactive ketones (excluding diaryl/α,β-unsaturated/α-hetero) is 1. The second kappa shape index (κ2) is 9.58. The van der Waals surface area contributed by atoms with Crippen molar-refractivity contribution in [3.8, 4) is 5.75 Å². The summed E-state index contributed by atoms with van der Waals surface area (Å²) in [5.41, 5.74) is 4.33. The van der Waals surface area contributed by atoms with E-state index in [-0.39, 0.29) is 5.41 Å². The van der Waals surface area contributed by atoms with Gasteiger partial charge in [0, 0.05) is 34.2 Å². The molecule has 0 fully saturated rings. The molecule has 0 bridgehead atoms. The topological polar surface area (TPSA) is 80.3 Å². The monoisotopic (exact) mass is 467 g/mol. The van der Waals surface area contributed by atoms with E-state index >= 15 is 0 Å². The molecular formula is C29H29N3O3. The van der Waals surface area contributed by atoms with Gasteiger partial charge in [-0.2, -0.15) is 0 Å². The number of hydrogen-bond acceptors (Lipinski definition) is 5. The Bertz CT molecular complexity index is 1420. The van der Waals surface area contributed by atoms with Gasteiger partial charge in [0.2, 0.25) is 0 Å². The Morgan fingerprint density at radius 3 is 2.31 bits per heavy atom. The zero-order valence-corrected chi connectivity index (χ0v) is 20.6. The summed E-state index contributed by atoms with van der Waals surface area (Å²) in [7, 11) is 1.53. The van der Waals surface area contributed by atoms with Crippen molar-refractivity contribution < 1.29 is 14.3 Å². The smallest absolute Gasteiger partial charge is 0.296 e. The largest absolute Gasteiger partial charge is 0.495 e. The highest BCUT2D eigenvalue weighted by Crippen LogP contribution is 2.33. The number of aromatic nitrogens is 1. The van der Waals surface area contributed by atoms with Crippen molar-refractivity contribution >= 4 is 39.5 Å². The molecule has 178 valence electrons. The van der Waals surface area contributed by atoms with E-state index in [4.69, 9.17) is 4.74 Å². The van der Waals surface area contributed by atoms with E-state index in [1.54, 1.807) is 18.3 Å². The first kappa shape index (κ1) is 24.0. The highest BCUT2D eigenvalue weighted by molar-refractivity contribution is 6.48. The van der Waals surface area contributed by atoms with Crippen LogP contribution in [0.15, 0.2) is 72.9 Å². The molecular weight excluding hydrogens is 438 g/mol. The predicted octanol–water partition coefficient (Wildman–Crippen LogP) is 6.41. The highest BCUT2D eigenvalue weighted by Gasteiger charge is 2.22. The Kier molecular flexibility index (Phi) is 6.56. The van der Waals surface area contributed by atoms with Crippen molar-refractivity contribution in [1.82, 2.24) is 4.98 Å². The van der Waals surface area contributed by atoms with Crippen LogP contribution in [0.5, 0.6) is 5.75 Å². The molecule has 0 saturated heterocycles. The normalized spacial score (nSPS) is 11.2. The fourth-order valence-electron chi connectivity index (χ4n) is 3.96. The molecule has 0 saturated carbocycles. The molecule has 1 amide bonds. The van der Waals surface area contributed by atoms with E-state index in [0.717, 1.165) is 28.0 Å². The van der Waals surface area contributed by atoms with Crippen molar-refractivity contribution in [3.63, 3.8) is 0 Å². The average molecular weight is 468 g/mol. The molecule has 0 spiro atoms. The standard InChI is InChI=1S/C29H29N3O3/c1-18-16-20(14-15-30-18)31-24-12-11-23(21-8-6-7-9-22(21)24)27(33)28(34)32-25-17-19(29(2,3)4)10-13-26(25)35-5/h6-17H,1-5H3,(H,30,31)(H,32,34). The van der Waals surface area contributed by atoms with Crippen molar-refractivity contribution in [3.05, 3.63) is 89.7 Å². The lowest BCUT2D eigenvalue weighted by Gasteiger charge is -2.21. The van der Waals surface area contributed by atoms with Gasteiger partial charge in [0.05, 0.1) is 12.8 Å². The first-order chi connectivity index (χ1) is 16.7. The van der Waals surface area contributed by atoms with Crippen molar-refractivity contribution in [2.24, 2.45) is 0 Å². The zero-order valence-electron chi connectivity index (χ0n) is 20.6. The maximum absolute atomic E-state index is 13.3.